The van der Waals surface area contributed by atoms with E-state index in [0.717, 1.165) is 18.2 Å². The summed E-state index contributed by atoms with van der Waals surface area (Å²) in [4.78, 5) is 2.55. The van der Waals surface area contributed by atoms with Gasteiger partial charge in [-0.3, -0.25) is 0 Å². The number of hydrogen-bond donors (Lipinski definition) is 0. The SMILES string of the molecule is Clc1ccc(C(OCCN2CCCCC2)(c2ccccc2)C2CC2)cc1. The summed E-state index contributed by atoms with van der Waals surface area (Å²) in [6, 6.07) is 19.0. The molecular weight excluding hydrogens is 342 g/mol. The standard InChI is InChI=1S/C23H28ClNO/c24-22-13-11-21(12-14-22)23(20-9-10-20,19-7-3-1-4-8-19)26-18-17-25-15-5-2-6-16-25/h1,3-4,7-8,11-14,20H,2,5-6,9-10,15-18H2. The van der Waals surface area contributed by atoms with Crippen molar-refractivity contribution in [1.29, 1.82) is 0 Å². The number of ether oxygens (including phenoxy) is 1. The number of rotatable bonds is 7. The molecule has 2 aliphatic rings. The average Bonchev–Trinajstić information content (AvgIpc) is 3.53. The highest BCUT2D eigenvalue weighted by Crippen LogP contribution is 2.52. The second-order valence-electron chi connectivity index (χ2n) is 7.63. The summed E-state index contributed by atoms with van der Waals surface area (Å²) < 4.78 is 6.78. The molecule has 1 saturated heterocycles. The molecule has 1 saturated carbocycles. The van der Waals surface area contributed by atoms with Gasteiger partial charge in [0.15, 0.2) is 0 Å². The van der Waals surface area contributed by atoms with Crippen LogP contribution >= 0.6 is 11.6 Å². The summed E-state index contributed by atoms with van der Waals surface area (Å²) in [6.07, 6.45) is 6.47. The van der Waals surface area contributed by atoms with Gasteiger partial charge in [-0.15, -0.1) is 0 Å². The van der Waals surface area contributed by atoms with Gasteiger partial charge in [0.1, 0.15) is 5.60 Å². The van der Waals surface area contributed by atoms with Crippen molar-refractivity contribution < 1.29 is 4.74 Å². The molecule has 0 bridgehead atoms. The lowest BCUT2D eigenvalue weighted by Gasteiger charge is -2.37. The van der Waals surface area contributed by atoms with Gasteiger partial charge in [-0.25, -0.2) is 0 Å². The van der Waals surface area contributed by atoms with Crippen LogP contribution in [0.3, 0.4) is 0 Å². The highest BCUT2D eigenvalue weighted by atomic mass is 35.5. The second-order valence-corrected chi connectivity index (χ2v) is 8.07. The number of hydrogen-bond acceptors (Lipinski definition) is 2. The minimum Gasteiger partial charge on any atom is -0.364 e. The van der Waals surface area contributed by atoms with E-state index in [1.165, 1.54) is 56.3 Å². The highest BCUT2D eigenvalue weighted by Gasteiger charge is 2.48. The van der Waals surface area contributed by atoms with Crippen LogP contribution in [0.1, 0.15) is 43.2 Å². The van der Waals surface area contributed by atoms with E-state index in [2.05, 4.69) is 47.4 Å². The molecule has 1 aliphatic heterocycles. The van der Waals surface area contributed by atoms with Crippen molar-refractivity contribution in [3.8, 4) is 0 Å². The number of piperidine rings is 1. The Balaban J connectivity index is 1.61. The zero-order valence-corrected chi connectivity index (χ0v) is 16.1. The van der Waals surface area contributed by atoms with Crippen LogP contribution < -0.4 is 0 Å². The zero-order valence-electron chi connectivity index (χ0n) is 15.4. The molecule has 0 radical (unpaired) electrons. The van der Waals surface area contributed by atoms with Crippen LogP contribution in [0.5, 0.6) is 0 Å². The Bertz CT molecular complexity index is 692. The van der Waals surface area contributed by atoms with E-state index in [0.29, 0.717) is 5.92 Å². The first-order valence-corrected chi connectivity index (χ1v) is 10.3. The lowest BCUT2D eigenvalue weighted by molar-refractivity contribution is -0.0447. The van der Waals surface area contributed by atoms with Crippen molar-refractivity contribution in [2.75, 3.05) is 26.2 Å². The lowest BCUT2D eigenvalue weighted by atomic mass is 9.81. The smallest absolute Gasteiger partial charge is 0.121 e. The van der Waals surface area contributed by atoms with E-state index in [4.69, 9.17) is 16.3 Å². The maximum atomic E-state index is 6.78. The molecular formula is C23H28ClNO. The van der Waals surface area contributed by atoms with E-state index in [-0.39, 0.29) is 5.60 Å². The van der Waals surface area contributed by atoms with Crippen LogP contribution in [0.4, 0.5) is 0 Å². The molecule has 4 rings (SSSR count). The van der Waals surface area contributed by atoms with Crippen LogP contribution in [0.15, 0.2) is 54.6 Å². The van der Waals surface area contributed by atoms with Crippen molar-refractivity contribution in [3.63, 3.8) is 0 Å². The normalized spacial score (nSPS) is 20.7. The van der Waals surface area contributed by atoms with E-state index in [9.17, 15) is 0 Å². The quantitative estimate of drug-likeness (QED) is 0.639. The topological polar surface area (TPSA) is 12.5 Å². The van der Waals surface area contributed by atoms with Gasteiger partial charge in [0.2, 0.25) is 0 Å². The third kappa shape index (κ3) is 3.83. The summed E-state index contributed by atoms with van der Waals surface area (Å²) in [6.45, 7) is 4.22. The van der Waals surface area contributed by atoms with E-state index in [1.807, 2.05) is 12.1 Å². The molecule has 2 nitrogen and oxygen atoms in total. The molecule has 1 unspecified atom stereocenters. The highest BCUT2D eigenvalue weighted by molar-refractivity contribution is 6.30. The van der Waals surface area contributed by atoms with Crippen LogP contribution in [-0.2, 0) is 10.3 Å². The van der Waals surface area contributed by atoms with Gasteiger partial charge in [-0.05, 0) is 68.0 Å². The molecule has 1 heterocycles. The zero-order chi connectivity index (χ0) is 17.8. The van der Waals surface area contributed by atoms with Crippen molar-refractivity contribution >= 4 is 11.6 Å². The predicted molar refractivity (Wildman–Crippen MR) is 108 cm³/mol. The van der Waals surface area contributed by atoms with Gasteiger partial charge in [-0.1, -0.05) is 60.5 Å². The lowest BCUT2D eigenvalue weighted by Crippen LogP contribution is -2.38. The Morgan fingerprint density at radius 3 is 2.19 bits per heavy atom. The fourth-order valence-electron chi connectivity index (χ4n) is 4.31. The molecule has 26 heavy (non-hydrogen) atoms. The van der Waals surface area contributed by atoms with Gasteiger partial charge in [0, 0.05) is 11.6 Å². The first-order valence-electron chi connectivity index (χ1n) is 9.97. The Kier molecular flexibility index (Phi) is 5.63. The van der Waals surface area contributed by atoms with Crippen LogP contribution in [0.2, 0.25) is 5.02 Å². The third-order valence-electron chi connectivity index (χ3n) is 5.81. The molecule has 2 aromatic carbocycles. The van der Waals surface area contributed by atoms with Gasteiger partial charge >= 0.3 is 0 Å². The largest absolute Gasteiger partial charge is 0.364 e. The van der Waals surface area contributed by atoms with Crippen LogP contribution in [0, 0.1) is 5.92 Å². The summed E-state index contributed by atoms with van der Waals surface area (Å²) in [5.74, 6) is 0.549. The molecule has 0 amide bonds. The fourth-order valence-corrected chi connectivity index (χ4v) is 4.44. The number of halogens is 1. The number of benzene rings is 2. The second kappa shape index (κ2) is 8.12. The van der Waals surface area contributed by atoms with Crippen LogP contribution in [-0.4, -0.2) is 31.1 Å². The van der Waals surface area contributed by atoms with Gasteiger partial charge in [0.25, 0.3) is 0 Å². The van der Waals surface area contributed by atoms with E-state index in [1.54, 1.807) is 0 Å². The predicted octanol–water partition coefficient (Wildman–Crippen LogP) is 5.50. The maximum Gasteiger partial charge on any atom is 0.121 e. The number of nitrogens with zero attached hydrogens (tertiary/aromatic N) is 1. The summed E-state index contributed by atoms with van der Waals surface area (Å²) in [5, 5.41) is 0.778. The van der Waals surface area contributed by atoms with Gasteiger partial charge in [-0.2, -0.15) is 0 Å². The Labute approximate surface area is 162 Å². The first kappa shape index (κ1) is 18.0. The van der Waals surface area contributed by atoms with Crippen LogP contribution in [0.25, 0.3) is 0 Å². The van der Waals surface area contributed by atoms with Gasteiger partial charge in [0.05, 0.1) is 6.61 Å². The fraction of sp³-hybridized carbons (Fsp3) is 0.478. The van der Waals surface area contributed by atoms with Crippen molar-refractivity contribution in [2.24, 2.45) is 5.92 Å². The molecule has 138 valence electrons. The average molecular weight is 370 g/mol. The first-order chi connectivity index (χ1) is 12.8. The van der Waals surface area contributed by atoms with E-state index >= 15 is 0 Å². The maximum absolute atomic E-state index is 6.78. The molecule has 3 heteroatoms. The van der Waals surface area contributed by atoms with E-state index < -0.39 is 0 Å². The monoisotopic (exact) mass is 369 g/mol. The minimum absolute atomic E-state index is 0.346. The Hall–Kier alpha value is -1.35. The summed E-state index contributed by atoms with van der Waals surface area (Å²) in [7, 11) is 0. The molecule has 0 aromatic heterocycles. The number of likely N-dealkylation sites (tertiary alicyclic amines) is 1. The molecule has 0 N–H and O–H groups in total. The van der Waals surface area contributed by atoms with Crippen molar-refractivity contribution in [1.82, 2.24) is 4.90 Å². The molecule has 1 atom stereocenters. The van der Waals surface area contributed by atoms with Gasteiger partial charge < -0.3 is 9.64 Å². The summed E-state index contributed by atoms with van der Waals surface area (Å²) in [5.41, 5.74) is 2.15. The van der Waals surface area contributed by atoms with Crippen molar-refractivity contribution in [3.05, 3.63) is 70.7 Å². The molecule has 2 aromatic rings. The Morgan fingerprint density at radius 2 is 1.54 bits per heavy atom. The molecule has 2 fully saturated rings. The summed E-state index contributed by atoms with van der Waals surface area (Å²) >= 11 is 6.16. The third-order valence-corrected chi connectivity index (χ3v) is 6.07. The van der Waals surface area contributed by atoms with Crippen molar-refractivity contribution in [2.45, 2.75) is 37.7 Å². The molecule has 0 spiro atoms. The molecule has 1 aliphatic carbocycles. The Morgan fingerprint density at radius 1 is 0.885 bits per heavy atom. The minimum atomic E-state index is -0.346.